The van der Waals surface area contributed by atoms with E-state index in [-0.39, 0.29) is 5.91 Å². The Hall–Kier alpha value is -1.91. The van der Waals surface area contributed by atoms with Gasteiger partial charge in [-0.25, -0.2) is 4.98 Å². The average Bonchev–Trinajstić information content (AvgIpc) is 3.11. The molecular formula is C21H21ClN2OS. The molecule has 1 aliphatic heterocycles. The maximum absolute atomic E-state index is 12.7. The van der Waals surface area contributed by atoms with E-state index >= 15 is 0 Å². The number of likely N-dealkylation sites (tertiary alicyclic amines) is 1. The van der Waals surface area contributed by atoms with Crippen molar-refractivity contribution in [3.05, 3.63) is 63.6 Å². The number of thiazole rings is 1. The van der Waals surface area contributed by atoms with E-state index in [1.165, 1.54) is 15.3 Å². The number of fused-ring (bicyclic) bond motifs is 1. The van der Waals surface area contributed by atoms with Crippen LogP contribution in [0, 0.1) is 0 Å². The van der Waals surface area contributed by atoms with Crippen molar-refractivity contribution in [1.29, 1.82) is 0 Å². The highest BCUT2D eigenvalue weighted by Gasteiger charge is 2.26. The summed E-state index contributed by atoms with van der Waals surface area (Å²) >= 11 is 7.81. The number of aromatic nitrogens is 1. The predicted molar refractivity (Wildman–Crippen MR) is 108 cm³/mol. The number of hydrogen-bond donors (Lipinski definition) is 0. The van der Waals surface area contributed by atoms with Gasteiger partial charge in [0.1, 0.15) is 0 Å². The Morgan fingerprint density at radius 3 is 2.62 bits per heavy atom. The van der Waals surface area contributed by atoms with Crippen LogP contribution in [0.5, 0.6) is 0 Å². The van der Waals surface area contributed by atoms with Gasteiger partial charge in [0.25, 0.3) is 5.91 Å². The molecule has 0 bridgehead atoms. The molecule has 0 spiro atoms. The number of aryl methyl sites for hydroxylation is 1. The molecule has 0 N–H and O–H groups in total. The molecule has 0 radical (unpaired) electrons. The maximum Gasteiger partial charge on any atom is 0.253 e. The predicted octanol–water partition coefficient (Wildman–Crippen LogP) is 5.53. The first-order valence-electron chi connectivity index (χ1n) is 9.08. The summed E-state index contributed by atoms with van der Waals surface area (Å²) in [7, 11) is 0. The number of hydrogen-bond acceptors (Lipinski definition) is 3. The smallest absolute Gasteiger partial charge is 0.253 e. The monoisotopic (exact) mass is 384 g/mol. The Labute approximate surface area is 162 Å². The van der Waals surface area contributed by atoms with Crippen LogP contribution in [-0.2, 0) is 6.42 Å². The third kappa shape index (κ3) is 3.49. The van der Waals surface area contributed by atoms with E-state index in [9.17, 15) is 4.79 Å². The lowest BCUT2D eigenvalue weighted by Crippen LogP contribution is -2.37. The largest absolute Gasteiger partial charge is 0.339 e. The first-order chi connectivity index (χ1) is 12.6. The number of rotatable bonds is 3. The van der Waals surface area contributed by atoms with E-state index < -0.39 is 0 Å². The molecule has 3 aromatic rings. The van der Waals surface area contributed by atoms with Crippen molar-refractivity contribution in [3.8, 4) is 0 Å². The Balaban J connectivity index is 1.43. The minimum Gasteiger partial charge on any atom is -0.339 e. The van der Waals surface area contributed by atoms with Crippen molar-refractivity contribution < 1.29 is 4.79 Å². The molecular weight excluding hydrogens is 364 g/mol. The Morgan fingerprint density at radius 1 is 1.19 bits per heavy atom. The second-order valence-corrected chi connectivity index (χ2v) is 8.28. The molecule has 3 nitrogen and oxygen atoms in total. The van der Waals surface area contributed by atoms with Gasteiger partial charge in [-0.3, -0.25) is 4.79 Å². The van der Waals surface area contributed by atoms with Crippen LogP contribution in [-0.4, -0.2) is 28.9 Å². The molecule has 4 rings (SSSR count). The Morgan fingerprint density at radius 2 is 1.92 bits per heavy atom. The fourth-order valence-corrected chi connectivity index (χ4v) is 4.77. The first-order valence-corrected chi connectivity index (χ1v) is 10.3. The SMILES string of the molecule is CCc1ccc(C(=O)N2CCC(c3nc4cc(Cl)ccc4s3)CC2)cc1. The summed E-state index contributed by atoms with van der Waals surface area (Å²) in [6.45, 7) is 3.70. The third-order valence-corrected chi connectivity index (χ3v) is 6.54. The van der Waals surface area contributed by atoms with E-state index in [0.717, 1.165) is 48.5 Å². The molecule has 26 heavy (non-hydrogen) atoms. The zero-order valence-electron chi connectivity index (χ0n) is 14.7. The van der Waals surface area contributed by atoms with Gasteiger partial charge in [0.05, 0.1) is 15.2 Å². The summed E-state index contributed by atoms with van der Waals surface area (Å²) in [4.78, 5) is 19.5. The summed E-state index contributed by atoms with van der Waals surface area (Å²) in [5.74, 6) is 0.569. The number of carbonyl (C=O) groups is 1. The lowest BCUT2D eigenvalue weighted by Gasteiger charge is -2.31. The number of amides is 1. The molecule has 0 saturated carbocycles. The van der Waals surface area contributed by atoms with Crippen LogP contribution in [0.2, 0.25) is 5.02 Å². The van der Waals surface area contributed by atoms with Crippen molar-refractivity contribution in [2.45, 2.75) is 32.1 Å². The van der Waals surface area contributed by atoms with Crippen molar-refractivity contribution in [1.82, 2.24) is 9.88 Å². The maximum atomic E-state index is 12.7. The minimum atomic E-state index is 0.141. The molecule has 1 amide bonds. The van der Waals surface area contributed by atoms with Crippen LogP contribution in [0.25, 0.3) is 10.2 Å². The van der Waals surface area contributed by atoms with Crippen LogP contribution in [0.3, 0.4) is 0 Å². The lowest BCUT2D eigenvalue weighted by molar-refractivity contribution is 0.0713. The molecule has 0 atom stereocenters. The molecule has 1 fully saturated rings. The summed E-state index contributed by atoms with van der Waals surface area (Å²) < 4.78 is 1.18. The molecule has 0 aliphatic carbocycles. The van der Waals surface area contributed by atoms with Gasteiger partial charge in [-0.15, -0.1) is 11.3 Å². The molecule has 5 heteroatoms. The Bertz CT molecular complexity index is 927. The van der Waals surface area contributed by atoms with E-state index in [1.54, 1.807) is 11.3 Å². The van der Waals surface area contributed by atoms with E-state index in [1.807, 2.05) is 47.4 Å². The fourth-order valence-electron chi connectivity index (χ4n) is 3.49. The number of nitrogens with zero attached hydrogens (tertiary/aromatic N) is 2. The highest BCUT2D eigenvalue weighted by atomic mass is 35.5. The van der Waals surface area contributed by atoms with Crippen LogP contribution in [0.4, 0.5) is 0 Å². The molecule has 2 aromatic carbocycles. The lowest BCUT2D eigenvalue weighted by atomic mass is 9.97. The molecule has 0 unspecified atom stereocenters. The van der Waals surface area contributed by atoms with E-state index in [4.69, 9.17) is 16.6 Å². The molecule has 134 valence electrons. The van der Waals surface area contributed by atoms with Crippen LogP contribution < -0.4 is 0 Å². The van der Waals surface area contributed by atoms with Crippen LogP contribution >= 0.6 is 22.9 Å². The summed E-state index contributed by atoms with van der Waals surface area (Å²) in [6, 6.07) is 13.9. The van der Waals surface area contributed by atoms with Gasteiger partial charge >= 0.3 is 0 Å². The van der Waals surface area contributed by atoms with Gasteiger partial charge in [-0.2, -0.15) is 0 Å². The highest BCUT2D eigenvalue weighted by molar-refractivity contribution is 7.18. The third-order valence-electron chi connectivity index (χ3n) is 5.11. The highest BCUT2D eigenvalue weighted by Crippen LogP contribution is 2.35. The van der Waals surface area contributed by atoms with Gasteiger partial charge in [-0.1, -0.05) is 30.7 Å². The van der Waals surface area contributed by atoms with Gasteiger partial charge in [0.15, 0.2) is 0 Å². The van der Waals surface area contributed by atoms with Crippen molar-refractivity contribution in [2.24, 2.45) is 0 Å². The van der Waals surface area contributed by atoms with Gasteiger partial charge in [0.2, 0.25) is 0 Å². The van der Waals surface area contributed by atoms with Crippen LogP contribution in [0.1, 0.15) is 46.6 Å². The van der Waals surface area contributed by atoms with E-state index in [2.05, 4.69) is 6.92 Å². The van der Waals surface area contributed by atoms with Crippen molar-refractivity contribution in [3.63, 3.8) is 0 Å². The molecule has 2 heterocycles. The minimum absolute atomic E-state index is 0.141. The fraction of sp³-hybridized carbons (Fsp3) is 0.333. The van der Waals surface area contributed by atoms with E-state index in [0.29, 0.717) is 5.92 Å². The zero-order chi connectivity index (χ0) is 18.1. The number of halogens is 1. The van der Waals surface area contributed by atoms with Crippen LogP contribution in [0.15, 0.2) is 42.5 Å². The summed E-state index contributed by atoms with van der Waals surface area (Å²) in [5, 5.41) is 1.89. The van der Waals surface area contributed by atoms with Crippen molar-refractivity contribution in [2.75, 3.05) is 13.1 Å². The number of benzene rings is 2. The second-order valence-electron chi connectivity index (χ2n) is 6.78. The number of piperidine rings is 1. The molecule has 1 aromatic heterocycles. The topological polar surface area (TPSA) is 33.2 Å². The standard InChI is InChI=1S/C21H21ClN2OS/c1-2-14-3-5-16(6-4-14)21(25)24-11-9-15(10-12-24)20-23-18-13-17(22)7-8-19(18)26-20/h3-8,13,15H,2,9-12H2,1H3. The molecule has 1 saturated heterocycles. The molecule has 1 aliphatic rings. The Kier molecular flexibility index (Phi) is 4.96. The normalized spacial score (nSPS) is 15.5. The van der Waals surface area contributed by atoms with Crippen molar-refractivity contribution >= 4 is 39.1 Å². The zero-order valence-corrected chi connectivity index (χ0v) is 16.3. The van der Waals surface area contributed by atoms with Gasteiger partial charge in [-0.05, 0) is 55.2 Å². The van der Waals surface area contributed by atoms with Gasteiger partial charge < -0.3 is 4.90 Å². The summed E-state index contributed by atoms with van der Waals surface area (Å²) in [5.41, 5.74) is 3.03. The average molecular weight is 385 g/mol. The first kappa shape index (κ1) is 17.5. The summed E-state index contributed by atoms with van der Waals surface area (Å²) in [6.07, 6.45) is 2.92. The second kappa shape index (κ2) is 7.37. The number of carbonyl (C=O) groups excluding carboxylic acids is 1. The quantitative estimate of drug-likeness (QED) is 0.594. The van der Waals surface area contributed by atoms with Gasteiger partial charge in [0, 0.05) is 29.6 Å².